The van der Waals surface area contributed by atoms with Gasteiger partial charge in [-0.15, -0.1) is 0 Å². The van der Waals surface area contributed by atoms with Crippen LogP contribution >= 0.6 is 0 Å². The van der Waals surface area contributed by atoms with E-state index in [1.807, 2.05) is 69.3 Å². The van der Waals surface area contributed by atoms with E-state index in [0.29, 0.717) is 30.2 Å². The van der Waals surface area contributed by atoms with Crippen molar-refractivity contribution in [2.24, 2.45) is 0 Å². The zero-order chi connectivity index (χ0) is 19.0. The van der Waals surface area contributed by atoms with E-state index in [1.165, 1.54) is 0 Å². The lowest BCUT2D eigenvalue weighted by molar-refractivity contribution is 0.0910. The van der Waals surface area contributed by atoms with E-state index >= 15 is 0 Å². The highest BCUT2D eigenvalue weighted by Crippen LogP contribution is 2.34. The molecule has 2 heterocycles. The molecular formula is C22H22N2O3. The largest absolute Gasteiger partial charge is 0.486 e. The maximum Gasteiger partial charge on any atom is 0.253 e. The molecule has 138 valence electrons. The first-order valence-electron chi connectivity index (χ1n) is 9.03. The number of hydrogen-bond acceptors (Lipinski definition) is 4. The quantitative estimate of drug-likeness (QED) is 0.766. The van der Waals surface area contributed by atoms with Gasteiger partial charge in [-0.25, -0.2) is 0 Å². The second-order valence-electron chi connectivity index (χ2n) is 7.25. The Labute approximate surface area is 158 Å². The van der Waals surface area contributed by atoms with Crippen LogP contribution in [0.5, 0.6) is 11.5 Å². The summed E-state index contributed by atoms with van der Waals surface area (Å²) in [5.74, 6) is 1.30. The SMILES string of the molecule is Cc1nc2ccccc2cc1C(=O)NC(C)(C)c1ccc2c(c1)OCCO2. The van der Waals surface area contributed by atoms with E-state index in [4.69, 9.17) is 9.47 Å². The van der Waals surface area contributed by atoms with Crippen LogP contribution < -0.4 is 14.8 Å². The standard InChI is InChI=1S/C22H22N2O3/c1-14-17(12-15-6-4-5-7-18(15)23-14)21(25)24-22(2,3)16-8-9-19-20(13-16)27-11-10-26-19/h4-9,12-13H,10-11H2,1-3H3,(H,24,25). The molecule has 0 unspecified atom stereocenters. The summed E-state index contributed by atoms with van der Waals surface area (Å²) in [6.45, 7) is 6.89. The topological polar surface area (TPSA) is 60.5 Å². The van der Waals surface area contributed by atoms with Crippen LogP contribution in [0.15, 0.2) is 48.5 Å². The number of nitrogens with one attached hydrogen (secondary N) is 1. The van der Waals surface area contributed by atoms with Gasteiger partial charge in [0.15, 0.2) is 11.5 Å². The van der Waals surface area contributed by atoms with Crippen LogP contribution in [0.2, 0.25) is 0 Å². The molecule has 1 aliphatic heterocycles. The zero-order valence-electron chi connectivity index (χ0n) is 15.7. The van der Waals surface area contributed by atoms with Crippen LogP contribution in [-0.2, 0) is 5.54 Å². The summed E-state index contributed by atoms with van der Waals surface area (Å²) in [6.07, 6.45) is 0. The van der Waals surface area contributed by atoms with Crippen LogP contribution in [0.25, 0.3) is 10.9 Å². The highest BCUT2D eigenvalue weighted by molar-refractivity contribution is 5.99. The van der Waals surface area contributed by atoms with Crippen LogP contribution in [0, 0.1) is 6.92 Å². The van der Waals surface area contributed by atoms with E-state index < -0.39 is 5.54 Å². The van der Waals surface area contributed by atoms with Crippen LogP contribution in [0.1, 0.15) is 35.5 Å². The Kier molecular flexibility index (Phi) is 4.22. The van der Waals surface area contributed by atoms with E-state index in [0.717, 1.165) is 22.2 Å². The number of nitrogens with zero attached hydrogens (tertiary/aromatic N) is 1. The lowest BCUT2D eigenvalue weighted by Gasteiger charge is -2.29. The van der Waals surface area contributed by atoms with Crippen molar-refractivity contribution in [1.29, 1.82) is 0 Å². The fourth-order valence-electron chi connectivity index (χ4n) is 3.30. The van der Waals surface area contributed by atoms with Crippen LogP contribution in [0.3, 0.4) is 0 Å². The van der Waals surface area contributed by atoms with Crippen molar-refractivity contribution in [3.05, 3.63) is 65.4 Å². The summed E-state index contributed by atoms with van der Waals surface area (Å²) in [5, 5.41) is 4.08. The van der Waals surface area contributed by atoms with Gasteiger partial charge >= 0.3 is 0 Å². The van der Waals surface area contributed by atoms with Crippen molar-refractivity contribution < 1.29 is 14.3 Å². The third-order valence-corrected chi connectivity index (χ3v) is 4.85. The van der Waals surface area contributed by atoms with E-state index in [9.17, 15) is 4.79 Å². The number of hydrogen-bond donors (Lipinski definition) is 1. The van der Waals surface area contributed by atoms with Crippen LogP contribution in [0.4, 0.5) is 0 Å². The molecule has 4 rings (SSSR count). The van der Waals surface area contributed by atoms with Crippen molar-refractivity contribution in [3.8, 4) is 11.5 Å². The van der Waals surface area contributed by atoms with Crippen molar-refractivity contribution in [3.63, 3.8) is 0 Å². The number of ether oxygens (including phenoxy) is 2. The Morgan fingerprint density at radius 1 is 1.04 bits per heavy atom. The predicted octanol–water partition coefficient (Wildman–Crippen LogP) is 3.98. The van der Waals surface area contributed by atoms with Gasteiger partial charge in [-0.3, -0.25) is 9.78 Å². The maximum absolute atomic E-state index is 13.0. The molecule has 1 N–H and O–H groups in total. The second-order valence-corrected chi connectivity index (χ2v) is 7.25. The van der Waals surface area contributed by atoms with Crippen LogP contribution in [-0.4, -0.2) is 24.1 Å². The molecule has 1 aliphatic rings. The number of pyridine rings is 1. The molecule has 0 aliphatic carbocycles. The predicted molar refractivity (Wildman–Crippen MR) is 104 cm³/mol. The summed E-state index contributed by atoms with van der Waals surface area (Å²) < 4.78 is 11.2. The van der Waals surface area contributed by atoms with Gasteiger partial charge in [0.2, 0.25) is 0 Å². The number of rotatable bonds is 3. The average Bonchev–Trinajstić information content (AvgIpc) is 2.66. The molecule has 2 aromatic carbocycles. The molecule has 0 bridgehead atoms. The smallest absolute Gasteiger partial charge is 0.253 e. The third-order valence-electron chi connectivity index (χ3n) is 4.85. The number of para-hydroxylation sites is 1. The fraction of sp³-hybridized carbons (Fsp3) is 0.273. The number of carbonyl (C=O) groups excluding carboxylic acids is 1. The molecule has 0 spiro atoms. The monoisotopic (exact) mass is 362 g/mol. The van der Waals surface area contributed by atoms with Crippen molar-refractivity contribution in [2.75, 3.05) is 13.2 Å². The minimum absolute atomic E-state index is 0.148. The van der Waals surface area contributed by atoms with Gasteiger partial charge in [-0.2, -0.15) is 0 Å². The molecule has 1 aromatic heterocycles. The van der Waals surface area contributed by atoms with Gasteiger partial charge in [0.1, 0.15) is 13.2 Å². The summed E-state index contributed by atoms with van der Waals surface area (Å²) >= 11 is 0. The average molecular weight is 362 g/mol. The first kappa shape index (κ1) is 17.3. The molecule has 1 amide bonds. The molecule has 5 nitrogen and oxygen atoms in total. The maximum atomic E-state index is 13.0. The minimum Gasteiger partial charge on any atom is -0.486 e. The number of aromatic nitrogens is 1. The second kappa shape index (κ2) is 6.58. The van der Waals surface area contributed by atoms with Gasteiger partial charge in [0, 0.05) is 5.39 Å². The van der Waals surface area contributed by atoms with Crippen molar-refractivity contribution in [1.82, 2.24) is 10.3 Å². The molecule has 0 saturated heterocycles. The van der Waals surface area contributed by atoms with E-state index in [-0.39, 0.29) is 5.91 Å². The first-order chi connectivity index (χ1) is 12.9. The molecule has 27 heavy (non-hydrogen) atoms. The van der Waals surface area contributed by atoms with Gasteiger partial charge in [-0.1, -0.05) is 24.3 Å². The highest BCUT2D eigenvalue weighted by atomic mass is 16.6. The normalized spacial score (nSPS) is 13.4. The Morgan fingerprint density at radius 2 is 1.78 bits per heavy atom. The molecule has 5 heteroatoms. The number of fused-ring (bicyclic) bond motifs is 2. The van der Waals surface area contributed by atoms with Gasteiger partial charge < -0.3 is 14.8 Å². The lowest BCUT2D eigenvalue weighted by Crippen LogP contribution is -2.41. The Balaban J connectivity index is 1.62. The Hall–Kier alpha value is -3.08. The molecule has 0 radical (unpaired) electrons. The Morgan fingerprint density at radius 3 is 2.59 bits per heavy atom. The van der Waals surface area contributed by atoms with Gasteiger partial charge in [0.25, 0.3) is 5.91 Å². The summed E-state index contributed by atoms with van der Waals surface area (Å²) in [5.41, 5.74) is 2.55. The summed E-state index contributed by atoms with van der Waals surface area (Å²) in [7, 11) is 0. The fourth-order valence-corrected chi connectivity index (χ4v) is 3.30. The number of aryl methyl sites for hydroxylation is 1. The van der Waals surface area contributed by atoms with Gasteiger partial charge in [0.05, 0.1) is 22.3 Å². The van der Waals surface area contributed by atoms with E-state index in [2.05, 4.69) is 10.3 Å². The highest BCUT2D eigenvalue weighted by Gasteiger charge is 2.26. The summed E-state index contributed by atoms with van der Waals surface area (Å²) in [6, 6.07) is 15.5. The molecule has 3 aromatic rings. The molecule has 0 saturated carbocycles. The molecule has 0 fully saturated rings. The number of carbonyl (C=O) groups is 1. The van der Waals surface area contributed by atoms with Gasteiger partial charge in [-0.05, 0) is 50.6 Å². The minimum atomic E-state index is -0.578. The van der Waals surface area contributed by atoms with Crippen molar-refractivity contribution >= 4 is 16.8 Å². The first-order valence-corrected chi connectivity index (χ1v) is 9.03. The lowest BCUT2D eigenvalue weighted by atomic mass is 9.93. The summed E-state index contributed by atoms with van der Waals surface area (Å²) in [4.78, 5) is 17.5. The molecular weight excluding hydrogens is 340 g/mol. The third kappa shape index (κ3) is 3.33. The van der Waals surface area contributed by atoms with Crippen molar-refractivity contribution in [2.45, 2.75) is 26.3 Å². The van der Waals surface area contributed by atoms with E-state index in [1.54, 1.807) is 0 Å². The Bertz CT molecular complexity index is 1030. The number of amides is 1. The zero-order valence-corrected chi connectivity index (χ0v) is 15.7. The molecule has 0 atom stereocenters. The number of benzene rings is 2.